The van der Waals surface area contributed by atoms with Gasteiger partial charge in [-0.15, -0.1) is 0 Å². The molecule has 0 saturated heterocycles. The Morgan fingerprint density at radius 1 is 1.00 bits per heavy atom. The van der Waals surface area contributed by atoms with E-state index < -0.39 is 0 Å². The number of hydrogen-bond donors (Lipinski definition) is 2. The first-order chi connectivity index (χ1) is 12.6. The van der Waals surface area contributed by atoms with Crippen LogP contribution in [0.5, 0.6) is 0 Å². The van der Waals surface area contributed by atoms with Crippen LogP contribution in [-0.2, 0) is 6.42 Å². The van der Waals surface area contributed by atoms with Crippen LogP contribution in [0.2, 0.25) is 0 Å². The van der Waals surface area contributed by atoms with Crippen LogP contribution in [0.4, 0.5) is 11.5 Å². The van der Waals surface area contributed by atoms with Crippen LogP contribution in [-0.4, -0.2) is 22.4 Å². The summed E-state index contributed by atoms with van der Waals surface area (Å²) in [5, 5.41) is 6.16. The van der Waals surface area contributed by atoms with Gasteiger partial charge in [-0.1, -0.05) is 42.5 Å². The van der Waals surface area contributed by atoms with Crippen molar-refractivity contribution in [2.45, 2.75) is 20.3 Å². The summed E-state index contributed by atoms with van der Waals surface area (Å²) >= 11 is 0. The Labute approximate surface area is 153 Å². The lowest BCUT2D eigenvalue weighted by Crippen LogP contribution is -2.16. The molecule has 1 amide bonds. The van der Waals surface area contributed by atoms with Gasteiger partial charge < -0.3 is 10.6 Å². The molecule has 0 fully saturated rings. The van der Waals surface area contributed by atoms with Gasteiger partial charge in [-0.2, -0.15) is 0 Å². The van der Waals surface area contributed by atoms with Crippen LogP contribution in [0.3, 0.4) is 0 Å². The van der Waals surface area contributed by atoms with Crippen LogP contribution >= 0.6 is 0 Å². The Morgan fingerprint density at radius 2 is 1.81 bits per heavy atom. The molecule has 1 heterocycles. The number of anilines is 2. The molecule has 0 radical (unpaired) electrons. The van der Waals surface area contributed by atoms with E-state index in [1.807, 2.05) is 50.2 Å². The molecule has 26 heavy (non-hydrogen) atoms. The van der Waals surface area contributed by atoms with E-state index >= 15 is 0 Å². The maximum atomic E-state index is 12.5. The fourth-order valence-electron chi connectivity index (χ4n) is 2.61. The highest BCUT2D eigenvalue weighted by Gasteiger charge is 2.10. The second-order valence-electron chi connectivity index (χ2n) is 6.22. The van der Waals surface area contributed by atoms with Crippen molar-refractivity contribution in [1.82, 2.24) is 9.97 Å². The molecule has 0 aliphatic carbocycles. The predicted molar refractivity (Wildman–Crippen MR) is 105 cm³/mol. The molecule has 0 aliphatic heterocycles. The lowest BCUT2D eigenvalue weighted by Gasteiger charge is -2.10. The van der Waals surface area contributed by atoms with Gasteiger partial charge in [-0.3, -0.25) is 4.79 Å². The highest BCUT2D eigenvalue weighted by molar-refractivity contribution is 6.03. The van der Waals surface area contributed by atoms with Crippen molar-refractivity contribution in [2.24, 2.45) is 0 Å². The summed E-state index contributed by atoms with van der Waals surface area (Å²) in [6, 6.07) is 17.9. The van der Waals surface area contributed by atoms with E-state index in [-0.39, 0.29) is 5.91 Å². The molecule has 5 nitrogen and oxygen atoms in total. The normalized spacial score (nSPS) is 10.4. The van der Waals surface area contributed by atoms with Gasteiger partial charge in [-0.25, -0.2) is 9.97 Å². The summed E-state index contributed by atoms with van der Waals surface area (Å²) in [5.41, 5.74) is 4.49. The van der Waals surface area contributed by atoms with Gasteiger partial charge in [0.15, 0.2) is 0 Å². The van der Waals surface area contributed by atoms with Crippen molar-refractivity contribution in [3.05, 3.63) is 83.3 Å². The summed E-state index contributed by atoms with van der Waals surface area (Å²) in [6.45, 7) is 4.69. The second kappa shape index (κ2) is 8.25. The largest absolute Gasteiger partial charge is 0.370 e. The van der Waals surface area contributed by atoms with E-state index in [1.54, 1.807) is 6.07 Å². The molecule has 0 unspecified atom stereocenters. The Morgan fingerprint density at radius 3 is 2.62 bits per heavy atom. The minimum Gasteiger partial charge on any atom is -0.370 e. The quantitative estimate of drug-likeness (QED) is 0.708. The van der Waals surface area contributed by atoms with Crippen LogP contribution in [0.15, 0.2) is 60.9 Å². The number of benzene rings is 2. The number of amides is 1. The maximum Gasteiger partial charge on any atom is 0.274 e. The van der Waals surface area contributed by atoms with Gasteiger partial charge in [0.2, 0.25) is 0 Å². The zero-order valence-corrected chi connectivity index (χ0v) is 15.0. The highest BCUT2D eigenvalue weighted by atomic mass is 16.1. The third-order valence-electron chi connectivity index (χ3n) is 4.10. The van der Waals surface area contributed by atoms with E-state index in [0.29, 0.717) is 11.5 Å². The van der Waals surface area contributed by atoms with Gasteiger partial charge in [0.25, 0.3) is 5.91 Å². The molecule has 1 aromatic heterocycles. The smallest absolute Gasteiger partial charge is 0.274 e. The topological polar surface area (TPSA) is 66.9 Å². The van der Waals surface area contributed by atoms with Crippen molar-refractivity contribution < 1.29 is 4.79 Å². The van der Waals surface area contributed by atoms with Gasteiger partial charge in [0.1, 0.15) is 17.8 Å². The van der Waals surface area contributed by atoms with E-state index in [9.17, 15) is 4.79 Å². The van der Waals surface area contributed by atoms with E-state index in [0.717, 1.165) is 29.8 Å². The number of rotatable bonds is 6. The Balaban J connectivity index is 1.62. The third-order valence-corrected chi connectivity index (χ3v) is 4.10. The van der Waals surface area contributed by atoms with Crippen molar-refractivity contribution in [1.29, 1.82) is 0 Å². The number of nitrogens with zero attached hydrogens (tertiary/aromatic N) is 2. The van der Waals surface area contributed by atoms with Crippen molar-refractivity contribution in [3.63, 3.8) is 0 Å². The first-order valence-electron chi connectivity index (χ1n) is 8.60. The summed E-state index contributed by atoms with van der Waals surface area (Å²) in [6.07, 6.45) is 2.29. The zero-order chi connectivity index (χ0) is 18.4. The molecule has 0 atom stereocenters. The number of hydrogen-bond acceptors (Lipinski definition) is 4. The number of nitrogens with one attached hydrogen (secondary N) is 2. The Bertz CT molecular complexity index is 894. The van der Waals surface area contributed by atoms with Gasteiger partial charge >= 0.3 is 0 Å². The molecular formula is C21H22N4O. The number of aryl methyl sites for hydroxylation is 2. The molecule has 132 valence electrons. The molecule has 3 aromatic rings. The summed E-state index contributed by atoms with van der Waals surface area (Å²) in [5.74, 6) is 0.397. The monoisotopic (exact) mass is 346 g/mol. The van der Waals surface area contributed by atoms with Crippen LogP contribution in [0.1, 0.15) is 27.2 Å². The minimum absolute atomic E-state index is 0.243. The third kappa shape index (κ3) is 4.66. The summed E-state index contributed by atoms with van der Waals surface area (Å²) in [7, 11) is 0. The number of carbonyl (C=O) groups excluding carboxylic acids is 1. The molecule has 2 N–H and O–H groups in total. The number of carbonyl (C=O) groups is 1. The fourth-order valence-corrected chi connectivity index (χ4v) is 2.61. The van der Waals surface area contributed by atoms with Crippen molar-refractivity contribution in [3.8, 4) is 0 Å². The maximum absolute atomic E-state index is 12.5. The van der Waals surface area contributed by atoms with Crippen LogP contribution in [0, 0.1) is 13.8 Å². The Hall–Kier alpha value is -3.21. The van der Waals surface area contributed by atoms with E-state index in [2.05, 4.69) is 32.7 Å². The van der Waals surface area contributed by atoms with Gasteiger partial charge in [0, 0.05) is 18.3 Å². The average molecular weight is 346 g/mol. The van der Waals surface area contributed by atoms with Crippen LogP contribution < -0.4 is 10.6 Å². The highest BCUT2D eigenvalue weighted by Crippen LogP contribution is 2.17. The molecule has 3 rings (SSSR count). The zero-order valence-electron chi connectivity index (χ0n) is 15.0. The summed E-state index contributed by atoms with van der Waals surface area (Å²) < 4.78 is 0. The minimum atomic E-state index is -0.243. The van der Waals surface area contributed by atoms with E-state index in [1.165, 1.54) is 11.9 Å². The second-order valence-corrected chi connectivity index (χ2v) is 6.22. The molecule has 2 aromatic carbocycles. The molecule has 0 spiro atoms. The molecule has 5 heteroatoms. The first-order valence-corrected chi connectivity index (χ1v) is 8.60. The standard InChI is InChI=1S/C21H22N4O/c1-15-8-9-16(2)18(12-15)25-21(26)19-13-20(24-14-23-19)22-11-10-17-6-4-3-5-7-17/h3-9,12-14H,10-11H2,1-2H3,(H,25,26)(H,22,23,24). The Kier molecular flexibility index (Phi) is 5.59. The molecule has 0 saturated carbocycles. The van der Waals surface area contributed by atoms with Crippen LogP contribution in [0.25, 0.3) is 0 Å². The molecular weight excluding hydrogens is 324 g/mol. The van der Waals surface area contributed by atoms with Gasteiger partial charge in [-0.05, 0) is 43.0 Å². The predicted octanol–water partition coefficient (Wildman–Crippen LogP) is 4.00. The van der Waals surface area contributed by atoms with Gasteiger partial charge in [0.05, 0.1) is 0 Å². The lowest BCUT2D eigenvalue weighted by atomic mass is 10.1. The van der Waals surface area contributed by atoms with Crippen molar-refractivity contribution in [2.75, 3.05) is 17.2 Å². The summed E-state index contributed by atoms with van der Waals surface area (Å²) in [4.78, 5) is 20.8. The van der Waals surface area contributed by atoms with E-state index in [4.69, 9.17) is 0 Å². The first kappa shape index (κ1) is 17.6. The molecule has 0 bridgehead atoms. The van der Waals surface area contributed by atoms with Crippen molar-refractivity contribution >= 4 is 17.4 Å². The molecule has 0 aliphatic rings. The average Bonchev–Trinajstić information content (AvgIpc) is 2.66. The SMILES string of the molecule is Cc1ccc(C)c(NC(=O)c2cc(NCCc3ccccc3)ncn2)c1. The lowest BCUT2D eigenvalue weighted by molar-refractivity contribution is 0.102. The fraction of sp³-hybridized carbons (Fsp3) is 0.190. The number of aromatic nitrogens is 2.